The van der Waals surface area contributed by atoms with Crippen molar-refractivity contribution in [1.82, 2.24) is 14.7 Å². The quantitative estimate of drug-likeness (QED) is 0.724. The van der Waals surface area contributed by atoms with Crippen LogP contribution in [0, 0.1) is 0 Å². The summed E-state index contributed by atoms with van der Waals surface area (Å²) in [5.41, 5.74) is 1.35. The Balaban J connectivity index is 1.63. The van der Waals surface area contributed by atoms with Crippen LogP contribution in [-0.2, 0) is 0 Å². The van der Waals surface area contributed by atoms with Gasteiger partial charge in [-0.05, 0) is 37.5 Å². The fourth-order valence-electron chi connectivity index (χ4n) is 3.83. The maximum absolute atomic E-state index is 12.8. The van der Waals surface area contributed by atoms with Crippen molar-refractivity contribution >= 4 is 17.7 Å². The first-order valence-electron chi connectivity index (χ1n) is 10.1. The van der Waals surface area contributed by atoms with Crippen LogP contribution in [0.4, 0.5) is 0 Å². The van der Waals surface area contributed by atoms with Crippen LogP contribution in [-0.4, -0.2) is 70.2 Å². The van der Waals surface area contributed by atoms with E-state index in [1.807, 2.05) is 0 Å². The van der Waals surface area contributed by atoms with Crippen molar-refractivity contribution in [3.8, 4) is 0 Å². The third-order valence-electron chi connectivity index (χ3n) is 6.01. The highest BCUT2D eigenvalue weighted by molar-refractivity contribution is 6.06. The molecule has 6 nitrogen and oxygen atoms in total. The Morgan fingerprint density at radius 3 is 1.11 bits per heavy atom. The molecule has 27 heavy (non-hydrogen) atoms. The van der Waals surface area contributed by atoms with Gasteiger partial charge >= 0.3 is 0 Å². The first-order valence-corrected chi connectivity index (χ1v) is 10.1. The van der Waals surface area contributed by atoms with Gasteiger partial charge in [-0.3, -0.25) is 14.4 Å². The SMILES string of the molecule is CCC1CN1C(=O)c1cc(C(=O)N2CC2CC)cc(C(=O)N2CC2CC)c1. The smallest absolute Gasteiger partial charge is 0.254 e. The van der Waals surface area contributed by atoms with E-state index in [9.17, 15) is 14.4 Å². The zero-order valence-electron chi connectivity index (χ0n) is 16.3. The Bertz CT molecular complexity index is 689. The molecule has 3 atom stereocenters. The van der Waals surface area contributed by atoms with Gasteiger partial charge in [-0.25, -0.2) is 0 Å². The molecule has 0 bridgehead atoms. The van der Waals surface area contributed by atoms with Gasteiger partial charge < -0.3 is 14.7 Å². The highest BCUT2D eigenvalue weighted by Gasteiger charge is 2.41. The Labute approximate surface area is 160 Å². The van der Waals surface area contributed by atoms with Crippen molar-refractivity contribution in [2.75, 3.05) is 19.6 Å². The molecule has 1 aromatic carbocycles. The molecule has 0 N–H and O–H groups in total. The summed E-state index contributed by atoms with van der Waals surface area (Å²) >= 11 is 0. The molecule has 3 fully saturated rings. The number of hydrogen-bond donors (Lipinski definition) is 0. The maximum atomic E-state index is 12.8. The van der Waals surface area contributed by atoms with E-state index in [1.54, 1.807) is 32.9 Å². The molecule has 3 saturated heterocycles. The van der Waals surface area contributed by atoms with Gasteiger partial charge in [0, 0.05) is 54.5 Å². The van der Waals surface area contributed by atoms with Crippen molar-refractivity contribution in [3.63, 3.8) is 0 Å². The predicted octanol–water partition coefficient (Wildman–Crippen LogP) is 2.39. The van der Waals surface area contributed by atoms with E-state index < -0.39 is 0 Å². The van der Waals surface area contributed by atoms with E-state index >= 15 is 0 Å². The van der Waals surface area contributed by atoms with Crippen molar-refractivity contribution in [2.45, 2.75) is 58.2 Å². The lowest BCUT2D eigenvalue weighted by atomic mass is 10.0. The molecule has 3 unspecified atom stereocenters. The van der Waals surface area contributed by atoms with E-state index in [4.69, 9.17) is 0 Å². The second kappa shape index (κ2) is 6.66. The molecule has 0 saturated carbocycles. The van der Waals surface area contributed by atoms with Crippen LogP contribution in [0.1, 0.15) is 71.1 Å². The van der Waals surface area contributed by atoms with E-state index in [2.05, 4.69) is 20.8 Å². The minimum Gasteiger partial charge on any atom is -0.332 e. The molecule has 0 aromatic heterocycles. The summed E-state index contributed by atoms with van der Waals surface area (Å²) in [6.07, 6.45) is 2.77. The predicted molar refractivity (Wildman–Crippen MR) is 102 cm³/mol. The van der Waals surface area contributed by atoms with Crippen molar-refractivity contribution in [1.29, 1.82) is 0 Å². The fourth-order valence-corrected chi connectivity index (χ4v) is 3.83. The van der Waals surface area contributed by atoms with Crippen molar-refractivity contribution in [2.24, 2.45) is 0 Å². The number of rotatable bonds is 6. The standard InChI is InChI=1S/C21H27N3O3/c1-4-16-10-22(16)19(25)13-7-14(20(26)23-11-17(23)5-2)9-15(8-13)21(27)24-12-18(24)6-3/h7-9,16-18H,4-6,10-12H2,1-3H3. The van der Waals surface area contributed by atoms with Crippen LogP contribution >= 0.6 is 0 Å². The molecule has 3 aliphatic rings. The van der Waals surface area contributed by atoms with Gasteiger partial charge in [0.05, 0.1) is 0 Å². The number of benzene rings is 1. The summed E-state index contributed by atoms with van der Waals surface area (Å²) in [4.78, 5) is 43.8. The molecule has 3 aliphatic heterocycles. The van der Waals surface area contributed by atoms with Crippen LogP contribution in [0.3, 0.4) is 0 Å². The Morgan fingerprint density at radius 1 is 0.667 bits per heavy atom. The van der Waals surface area contributed by atoms with E-state index in [1.165, 1.54) is 0 Å². The Hall–Kier alpha value is -2.37. The highest BCUT2D eigenvalue weighted by Crippen LogP contribution is 2.29. The molecular formula is C21H27N3O3. The van der Waals surface area contributed by atoms with Crippen molar-refractivity contribution in [3.05, 3.63) is 34.9 Å². The molecule has 4 rings (SSSR count). The molecule has 0 radical (unpaired) electrons. The number of carbonyl (C=O) groups is 3. The number of carbonyl (C=O) groups excluding carboxylic acids is 3. The van der Waals surface area contributed by atoms with Gasteiger partial charge in [-0.2, -0.15) is 0 Å². The topological polar surface area (TPSA) is 60.2 Å². The summed E-state index contributed by atoms with van der Waals surface area (Å²) in [5.74, 6) is -0.247. The third kappa shape index (κ3) is 3.33. The summed E-state index contributed by atoms with van der Waals surface area (Å²) in [6.45, 7) is 8.44. The second-order valence-electron chi connectivity index (χ2n) is 7.86. The summed E-state index contributed by atoms with van der Waals surface area (Å²) in [7, 11) is 0. The lowest BCUT2D eigenvalue weighted by molar-refractivity contribution is 0.0873. The fraction of sp³-hybridized carbons (Fsp3) is 0.571. The van der Waals surface area contributed by atoms with Gasteiger partial charge in [0.1, 0.15) is 0 Å². The molecular weight excluding hydrogens is 342 g/mol. The number of nitrogens with zero attached hydrogens (tertiary/aromatic N) is 3. The van der Waals surface area contributed by atoms with Gasteiger partial charge in [0.15, 0.2) is 0 Å². The van der Waals surface area contributed by atoms with Crippen molar-refractivity contribution < 1.29 is 14.4 Å². The minimum absolute atomic E-state index is 0.0822. The van der Waals surface area contributed by atoms with Gasteiger partial charge in [-0.15, -0.1) is 0 Å². The lowest BCUT2D eigenvalue weighted by Gasteiger charge is -2.11. The van der Waals surface area contributed by atoms with E-state index in [-0.39, 0.29) is 35.8 Å². The van der Waals surface area contributed by atoms with Crippen LogP contribution in [0.5, 0.6) is 0 Å². The first kappa shape index (κ1) is 18.0. The first-order chi connectivity index (χ1) is 13.0. The Kier molecular flexibility index (Phi) is 4.44. The van der Waals surface area contributed by atoms with Gasteiger partial charge in [0.2, 0.25) is 0 Å². The average molecular weight is 369 g/mol. The summed E-state index contributed by atoms with van der Waals surface area (Å²) in [5, 5.41) is 0. The normalized spacial score (nSPS) is 25.4. The molecule has 144 valence electrons. The zero-order valence-corrected chi connectivity index (χ0v) is 16.3. The van der Waals surface area contributed by atoms with Gasteiger partial charge in [-0.1, -0.05) is 20.8 Å². The highest BCUT2D eigenvalue weighted by atomic mass is 16.2. The molecule has 1 aromatic rings. The van der Waals surface area contributed by atoms with Crippen LogP contribution in [0.25, 0.3) is 0 Å². The van der Waals surface area contributed by atoms with Gasteiger partial charge in [0.25, 0.3) is 17.7 Å². The van der Waals surface area contributed by atoms with Crippen LogP contribution in [0.15, 0.2) is 18.2 Å². The minimum atomic E-state index is -0.0822. The van der Waals surface area contributed by atoms with E-state index in [0.29, 0.717) is 16.7 Å². The molecule has 3 amide bonds. The molecule has 6 heteroatoms. The lowest BCUT2D eigenvalue weighted by Crippen LogP contribution is -2.20. The summed E-state index contributed by atoms with van der Waals surface area (Å²) in [6, 6.07) is 5.84. The number of hydrogen-bond acceptors (Lipinski definition) is 3. The van der Waals surface area contributed by atoms with Crippen LogP contribution in [0.2, 0.25) is 0 Å². The summed E-state index contributed by atoms with van der Waals surface area (Å²) < 4.78 is 0. The van der Waals surface area contributed by atoms with E-state index in [0.717, 1.165) is 38.9 Å². The maximum Gasteiger partial charge on any atom is 0.254 e. The average Bonchev–Trinajstić information content (AvgIpc) is 3.57. The Morgan fingerprint density at radius 2 is 0.926 bits per heavy atom. The second-order valence-corrected chi connectivity index (χ2v) is 7.86. The monoisotopic (exact) mass is 369 g/mol. The zero-order chi connectivity index (χ0) is 19.3. The molecule has 3 heterocycles. The van der Waals surface area contributed by atoms with Crippen LogP contribution < -0.4 is 0 Å². The number of amides is 3. The third-order valence-corrected chi connectivity index (χ3v) is 6.01. The largest absolute Gasteiger partial charge is 0.332 e. The molecule has 0 aliphatic carbocycles. The molecule has 0 spiro atoms.